The number of benzene rings is 2. The summed E-state index contributed by atoms with van der Waals surface area (Å²) in [6.45, 7) is 8.59. The second-order valence-electron chi connectivity index (χ2n) is 11.4. The number of nitrogens with one attached hydrogen (secondary N) is 1. The number of carbonyl (C=O) groups is 4. The van der Waals surface area contributed by atoms with Gasteiger partial charge in [-0.1, -0.05) is 74.0 Å². The fraction of sp³-hybridized carbons (Fsp3) is 0.406. The van der Waals surface area contributed by atoms with Crippen molar-refractivity contribution in [2.24, 2.45) is 11.8 Å². The van der Waals surface area contributed by atoms with Crippen molar-refractivity contribution in [3.63, 3.8) is 0 Å². The molecule has 1 aromatic heterocycles. The lowest BCUT2D eigenvalue weighted by atomic mass is 9.89. The van der Waals surface area contributed by atoms with Crippen molar-refractivity contribution in [3.8, 4) is 11.3 Å². The molecule has 0 fully saturated rings. The van der Waals surface area contributed by atoms with E-state index in [0.29, 0.717) is 21.8 Å². The molecule has 0 bridgehead atoms. The fourth-order valence-electron chi connectivity index (χ4n) is 4.17. The molecule has 3 aromatic rings. The van der Waals surface area contributed by atoms with Gasteiger partial charge in [0.05, 0.1) is 37.8 Å². The number of ether oxygens (including phenoxy) is 3. The van der Waals surface area contributed by atoms with Crippen LogP contribution in [0.25, 0.3) is 11.3 Å². The minimum absolute atomic E-state index is 0.0623. The van der Waals surface area contributed by atoms with Gasteiger partial charge < -0.3 is 19.5 Å². The first-order valence-corrected chi connectivity index (χ1v) is 15.3. The fourth-order valence-corrected chi connectivity index (χ4v) is 5.23. The highest BCUT2D eigenvalue weighted by Crippen LogP contribution is 2.35. The van der Waals surface area contributed by atoms with Gasteiger partial charge in [-0.3, -0.25) is 19.3 Å². The van der Waals surface area contributed by atoms with Crippen LogP contribution in [0.1, 0.15) is 52.6 Å². The average molecular weight is 644 g/mol. The van der Waals surface area contributed by atoms with E-state index in [9.17, 15) is 19.2 Å². The van der Waals surface area contributed by atoms with E-state index in [0.717, 1.165) is 16.2 Å². The summed E-state index contributed by atoms with van der Waals surface area (Å²) < 4.78 is 15.8. The largest absolute Gasteiger partial charge is 0.468 e. The van der Waals surface area contributed by atoms with Crippen LogP contribution in [0.15, 0.2) is 60.0 Å². The van der Waals surface area contributed by atoms with E-state index in [2.05, 4.69) is 10.3 Å². The summed E-state index contributed by atoms with van der Waals surface area (Å²) in [5.41, 5.74) is 0.859. The van der Waals surface area contributed by atoms with Gasteiger partial charge in [0.15, 0.2) is 5.13 Å². The van der Waals surface area contributed by atoms with Gasteiger partial charge in [-0.25, -0.2) is 9.78 Å². The van der Waals surface area contributed by atoms with E-state index in [1.165, 1.54) is 7.11 Å². The molecule has 2 atom stereocenters. The van der Waals surface area contributed by atoms with Crippen LogP contribution < -0.4 is 10.2 Å². The number of halogens is 1. The van der Waals surface area contributed by atoms with Crippen molar-refractivity contribution >= 4 is 52.0 Å². The van der Waals surface area contributed by atoms with Gasteiger partial charge in [-0.05, 0) is 38.3 Å². The van der Waals surface area contributed by atoms with Crippen LogP contribution in [0.4, 0.5) is 9.93 Å². The number of thiazole rings is 1. The molecule has 0 unspecified atom stereocenters. The summed E-state index contributed by atoms with van der Waals surface area (Å²) in [7, 11) is 1.21. The van der Waals surface area contributed by atoms with Crippen molar-refractivity contribution in [1.82, 2.24) is 10.3 Å². The van der Waals surface area contributed by atoms with Crippen LogP contribution in [0, 0.1) is 11.8 Å². The highest BCUT2D eigenvalue weighted by Gasteiger charge is 2.39. The minimum Gasteiger partial charge on any atom is -0.468 e. The molecule has 44 heavy (non-hydrogen) atoms. The third-order valence-corrected chi connectivity index (χ3v) is 7.36. The van der Waals surface area contributed by atoms with Gasteiger partial charge in [0.2, 0.25) is 5.91 Å². The number of alkyl carbamates (subject to hydrolysis) is 1. The second kappa shape index (κ2) is 15.7. The third kappa shape index (κ3) is 10.1. The number of nitrogens with zero attached hydrogens (tertiary/aromatic N) is 2. The minimum atomic E-state index is -1.22. The Kier molecular flexibility index (Phi) is 12.3. The van der Waals surface area contributed by atoms with E-state index in [-0.39, 0.29) is 17.7 Å². The van der Waals surface area contributed by atoms with E-state index in [4.69, 9.17) is 25.8 Å². The lowest BCUT2D eigenvalue weighted by Crippen LogP contribution is -2.47. The predicted molar refractivity (Wildman–Crippen MR) is 169 cm³/mol. The molecule has 0 saturated heterocycles. The van der Waals surface area contributed by atoms with Crippen molar-refractivity contribution in [3.05, 3.63) is 70.6 Å². The van der Waals surface area contributed by atoms with Gasteiger partial charge in [-0.2, -0.15) is 0 Å². The number of methoxy groups -OCH3 is 1. The second-order valence-corrected chi connectivity index (χ2v) is 12.7. The summed E-state index contributed by atoms with van der Waals surface area (Å²) in [6.07, 6.45) is -1.18. The first-order valence-electron chi connectivity index (χ1n) is 14.1. The number of amides is 2. The van der Waals surface area contributed by atoms with Gasteiger partial charge in [0, 0.05) is 16.0 Å². The molecule has 2 amide bonds. The van der Waals surface area contributed by atoms with E-state index >= 15 is 0 Å². The Bertz CT molecular complexity index is 1440. The molecule has 0 aliphatic carbocycles. The number of carbonyl (C=O) groups excluding carboxylic acids is 4. The van der Waals surface area contributed by atoms with Crippen LogP contribution in [-0.2, 0) is 28.6 Å². The zero-order chi connectivity index (χ0) is 32.4. The Hall–Kier alpha value is -3.96. The van der Waals surface area contributed by atoms with Crippen molar-refractivity contribution in [1.29, 1.82) is 0 Å². The zero-order valence-electron chi connectivity index (χ0n) is 25.7. The van der Waals surface area contributed by atoms with Crippen LogP contribution >= 0.6 is 22.9 Å². The molecule has 12 heteroatoms. The number of hydrogen-bond acceptors (Lipinski definition) is 9. The lowest BCUT2D eigenvalue weighted by molar-refractivity contribution is -0.148. The highest BCUT2D eigenvalue weighted by atomic mass is 35.5. The van der Waals surface area contributed by atoms with E-state index in [1.807, 2.05) is 19.9 Å². The summed E-state index contributed by atoms with van der Waals surface area (Å²) in [6, 6.07) is 14.8. The molecule has 1 N–H and O–H groups in total. The van der Waals surface area contributed by atoms with Crippen LogP contribution in [0.2, 0.25) is 5.02 Å². The standard InChI is InChI=1S/C32H38ClN3O7S/c1-20(2)18-42-26(37)16-23(28(21-12-8-7-9-13-21)35-31(40)43-32(3,4)5)29(39)36(17-27(38)41-6)30-34-25(19-44-30)22-14-10-11-15-24(22)33/h7-15,19-20,23,28H,16-18H2,1-6H3,(H,35,40)/t23-,28+/m0/s1. The van der Waals surface area contributed by atoms with Gasteiger partial charge in [-0.15, -0.1) is 11.3 Å². The Labute approximate surface area is 266 Å². The predicted octanol–water partition coefficient (Wildman–Crippen LogP) is 6.44. The molecule has 10 nitrogen and oxygen atoms in total. The van der Waals surface area contributed by atoms with E-state index < -0.39 is 54.5 Å². The molecule has 0 saturated carbocycles. The Morgan fingerprint density at radius 3 is 2.27 bits per heavy atom. The zero-order valence-corrected chi connectivity index (χ0v) is 27.2. The molecule has 3 rings (SSSR count). The number of anilines is 1. The van der Waals surface area contributed by atoms with E-state index in [1.54, 1.807) is 74.7 Å². The maximum absolute atomic E-state index is 14.5. The third-order valence-electron chi connectivity index (χ3n) is 6.17. The maximum Gasteiger partial charge on any atom is 0.408 e. The average Bonchev–Trinajstić information content (AvgIpc) is 3.45. The molecule has 2 aromatic carbocycles. The molecular weight excluding hydrogens is 606 g/mol. The van der Waals surface area contributed by atoms with Crippen LogP contribution in [-0.4, -0.2) is 54.8 Å². The normalized spacial score (nSPS) is 12.6. The van der Waals surface area contributed by atoms with Crippen LogP contribution in [0.5, 0.6) is 0 Å². The number of rotatable bonds is 12. The molecule has 236 valence electrons. The Morgan fingerprint density at radius 2 is 1.66 bits per heavy atom. The van der Waals surface area contributed by atoms with Gasteiger partial charge in [0.25, 0.3) is 0 Å². The molecule has 1 heterocycles. The summed E-state index contributed by atoms with van der Waals surface area (Å²) in [5, 5.41) is 5.15. The molecule has 0 aliphatic rings. The van der Waals surface area contributed by atoms with Gasteiger partial charge >= 0.3 is 18.0 Å². The molecule has 0 spiro atoms. The summed E-state index contributed by atoms with van der Waals surface area (Å²) >= 11 is 7.51. The SMILES string of the molecule is COC(=O)CN(C(=O)[C@@H](CC(=O)OCC(C)C)[C@H](NC(=O)OC(C)(C)C)c1ccccc1)c1nc(-c2ccccc2Cl)cs1. The number of hydrogen-bond donors (Lipinski definition) is 1. The van der Waals surface area contributed by atoms with Crippen molar-refractivity contribution in [2.75, 3.05) is 25.2 Å². The molecular formula is C32H38ClN3O7S. The molecule has 0 aliphatic heterocycles. The highest BCUT2D eigenvalue weighted by molar-refractivity contribution is 7.14. The number of aromatic nitrogens is 1. The smallest absolute Gasteiger partial charge is 0.408 e. The monoisotopic (exact) mass is 643 g/mol. The quantitative estimate of drug-likeness (QED) is 0.177. The number of esters is 2. The first kappa shape index (κ1) is 34.5. The topological polar surface area (TPSA) is 124 Å². The molecule has 0 radical (unpaired) electrons. The summed E-state index contributed by atoms with van der Waals surface area (Å²) in [4.78, 5) is 59.1. The first-order chi connectivity index (χ1) is 20.8. The Morgan fingerprint density at radius 1 is 1.00 bits per heavy atom. The van der Waals surface area contributed by atoms with Crippen molar-refractivity contribution < 1.29 is 33.4 Å². The van der Waals surface area contributed by atoms with Gasteiger partial charge in [0.1, 0.15) is 12.1 Å². The lowest BCUT2D eigenvalue weighted by Gasteiger charge is -2.31. The van der Waals surface area contributed by atoms with Crippen molar-refractivity contribution in [2.45, 2.75) is 52.7 Å². The maximum atomic E-state index is 14.5. The Balaban J connectivity index is 2.10. The summed E-state index contributed by atoms with van der Waals surface area (Å²) in [5.74, 6) is -3.15. The van der Waals surface area contributed by atoms with Crippen LogP contribution in [0.3, 0.4) is 0 Å².